The van der Waals surface area contributed by atoms with Crippen molar-refractivity contribution in [2.24, 2.45) is 0 Å². The Bertz CT molecular complexity index is 272. The number of benzene rings is 1. The Morgan fingerprint density at radius 2 is 2.08 bits per heavy atom. The fraction of sp³-hybridized carbons (Fsp3) is 0.300. The zero-order valence-corrected chi connectivity index (χ0v) is 9.07. The van der Waals surface area contributed by atoms with Crippen LogP contribution in [-0.2, 0) is 0 Å². The number of aliphatic hydroxyl groups excluding tert-OH is 1. The van der Waals surface area contributed by atoms with Crippen LogP contribution in [0.3, 0.4) is 0 Å². The predicted octanol–water partition coefficient (Wildman–Crippen LogP) is 2.80. The third kappa shape index (κ3) is 3.46. The number of hydrogen-bond donors (Lipinski definition) is 1. The maximum Gasteiger partial charge on any atom is 0.0843 e. The van der Waals surface area contributed by atoms with E-state index in [-0.39, 0.29) is 0 Å². The molecule has 1 atom stereocenters. The van der Waals surface area contributed by atoms with E-state index in [1.807, 2.05) is 36.6 Å². The van der Waals surface area contributed by atoms with E-state index < -0.39 is 6.10 Å². The molecule has 0 amide bonds. The largest absolute Gasteiger partial charge is 0.388 e. The maximum atomic E-state index is 9.72. The molecule has 70 valence electrons. The number of aliphatic hydroxyl groups is 1. The van der Waals surface area contributed by atoms with Gasteiger partial charge in [-0.2, -0.15) is 0 Å². The summed E-state index contributed by atoms with van der Waals surface area (Å²) in [6, 6.07) is 9.59. The molecule has 3 heteroatoms. The maximum absolute atomic E-state index is 9.72. The summed E-state index contributed by atoms with van der Waals surface area (Å²) in [5, 5.41) is 9.72. The fourth-order valence-electron chi connectivity index (χ4n) is 1.03. The first-order valence-corrected chi connectivity index (χ1v) is 5.67. The van der Waals surface area contributed by atoms with Gasteiger partial charge in [-0.25, -0.2) is 0 Å². The molecule has 0 fully saturated rings. The van der Waals surface area contributed by atoms with Crippen LogP contribution in [0, 0.1) is 0 Å². The zero-order chi connectivity index (χ0) is 9.68. The quantitative estimate of drug-likeness (QED) is 0.778. The van der Waals surface area contributed by atoms with E-state index in [0.29, 0.717) is 6.42 Å². The molecule has 0 aliphatic carbocycles. The minimum Gasteiger partial charge on any atom is -0.388 e. The van der Waals surface area contributed by atoms with Crippen molar-refractivity contribution < 1.29 is 5.11 Å². The summed E-state index contributed by atoms with van der Waals surface area (Å²) in [5.41, 5.74) is 0.930. The van der Waals surface area contributed by atoms with Crippen molar-refractivity contribution in [3.63, 3.8) is 0 Å². The summed E-state index contributed by atoms with van der Waals surface area (Å²) in [7, 11) is 0. The van der Waals surface area contributed by atoms with Crippen LogP contribution >= 0.6 is 24.0 Å². The molecule has 0 radical (unpaired) electrons. The summed E-state index contributed by atoms with van der Waals surface area (Å²) >= 11 is 6.55. The monoisotopic (exact) mass is 212 g/mol. The Kier molecular flexibility index (Phi) is 4.42. The average molecular weight is 212 g/mol. The van der Waals surface area contributed by atoms with Gasteiger partial charge in [-0.05, 0) is 11.8 Å². The molecule has 0 unspecified atom stereocenters. The summed E-state index contributed by atoms with van der Waals surface area (Å²) in [6.45, 7) is 0. The minimum atomic E-state index is -0.457. The summed E-state index contributed by atoms with van der Waals surface area (Å²) in [4.78, 5) is 0. The molecule has 0 saturated heterocycles. The second-order valence-electron chi connectivity index (χ2n) is 2.71. The van der Waals surface area contributed by atoms with Crippen molar-refractivity contribution in [1.82, 2.24) is 0 Å². The van der Waals surface area contributed by atoms with Gasteiger partial charge < -0.3 is 5.11 Å². The van der Waals surface area contributed by atoms with Crippen molar-refractivity contribution in [3.05, 3.63) is 35.9 Å². The lowest BCUT2D eigenvalue weighted by Gasteiger charge is -2.09. The van der Waals surface area contributed by atoms with Crippen LogP contribution in [0.2, 0.25) is 0 Å². The van der Waals surface area contributed by atoms with Crippen molar-refractivity contribution in [2.45, 2.75) is 12.5 Å². The zero-order valence-electron chi connectivity index (χ0n) is 7.43. The van der Waals surface area contributed by atoms with Gasteiger partial charge in [0.15, 0.2) is 0 Å². The van der Waals surface area contributed by atoms with Gasteiger partial charge in [0.05, 0.1) is 10.3 Å². The molecule has 0 heterocycles. The first kappa shape index (κ1) is 10.7. The van der Waals surface area contributed by atoms with E-state index in [1.54, 1.807) is 0 Å². The topological polar surface area (TPSA) is 20.2 Å². The Balaban J connectivity index is 2.59. The Hall–Kier alpha value is -0.380. The molecule has 0 aliphatic rings. The van der Waals surface area contributed by atoms with Crippen LogP contribution in [-0.4, -0.2) is 15.6 Å². The summed E-state index contributed by atoms with van der Waals surface area (Å²) in [5.74, 6) is 0. The van der Waals surface area contributed by atoms with E-state index in [0.717, 1.165) is 9.76 Å². The van der Waals surface area contributed by atoms with Crippen LogP contribution in [0.1, 0.15) is 18.1 Å². The van der Waals surface area contributed by atoms with Gasteiger partial charge in [0.1, 0.15) is 0 Å². The van der Waals surface area contributed by atoms with E-state index in [4.69, 9.17) is 12.2 Å². The number of thioether (sulfide) groups is 1. The van der Waals surface area contributed by atoms with E-state index in [2.05, 4.69) is 0 Å². The standard InChI is InChI=1S/C10H12OS2/c1-13-10(12)7-9(11)8-5-3-2-4-6-8/h2-6,9,11H,7H2,1H3/t9-/m0/s1. The van der Waals surface area contributed by atoms with E-state index >= 15 is 0 Å². The van der Waals surface area contributed by atoms with Crippen LogP contribution in [0.5, 0.6) is 0 Å². The average Bonchev–Trinajstić information content (AvgIpc) is 2.19. The molecule has 0 aliphatic heterocycles. The molecule has 1 N–H and O–H groups in total. The lowest BCUT2D eigenvalue weighted by molar-refractivity contribution is 0.187. The normalized spacial score (nSPS) is 12.5. The second kappa shape index (κ2) is 5.37. The van der Waals surface area contributed by atoms with Crippen LogP contribution in [0.4, 0.5) is 0 Å². The Morgan fingerprint density at radius 1 is 1.46 bits per heavy atom. The first-order chi connectivity index (χ1) is 6.24. The Labute approximate surface area is 88.2 Å². The van der Waals surface area contributed by atoms with Crippen molar-refractivity contribution >= 4 is 28.2 Å². The molecule has 0 bridgehead atoms. The predicted molar refractivity (Wildman–Crippen MR) is 62.1 cm³/mol. The number of hydrogen-bond acceptors (Lipinski definition) is 3. The third-order valence-corrected chi connectivity index (χ3v) is 3.06. The van der Waals surface area contributed by atoms with Gasteiger partial charge in [-0.1, -0.05) is 42.5 Å². The molecular weight excluding hydrogens is 200 g/mol. The molecule has 0 aromatic heterocycles. The van der Waals surface area contributed by atoms with Gasteiger partial charge in [0, 0.05) is 6.42 Å². The molecule has 1 aromatic carbocycles. The van der Waals surface area contributed by atoms with Gasteiger partial charge >= 0.3 is 0 Å². The van der Waals surface area contributed by atoms with E-state index in [9.17, 15) is 5.11 Å². The van der Waals surface area contributed by atoms with Crippen LogP contribution < -0.4 is 0 Å². The highest BCUT2D eigenvalue weighted by Crippen LogP contribution is 2.19. The smallest absolute Gasteiger partial charge is 0.0843 e. The number of thiocarbonyl (C=S) groups is 1. The highest BCUT2D eigenvalue weighted by molar-refractivity contribution is 8.22. The number of rotatable bonds is 3. The SMILES string of the molecule is CSC(=S)C[C@H](O)c1ccccc1. The van der Waals surface area contributed by atoms with Gasteiger partial charge in [0.2, 0.25) is 0 Å². The highest BCUT2D eigenvalue weighted by atomic mass is 32.2. The molecular formula is C10H12OS2. The van der Waals surface area contributed by atoms with Crippen molar-refractivity contribution in [2.75, 3.05) is 6.26 Å². The first-order valence-electron chi connectivity index (χ1n) is 4.04. The fourth-order valence-corrected chi connectivity index (χ4v) is 1.52. The van der Waals surface area contributed by atoms with E-state index in [1.165, 1.54) is 11.8 Å². The molecule has 13 heavy (non-hydrogen) atoms. The minimum absolute atomic E-state index is 0.457. The van der Waals surface area contributed by atoms with Crippen molar-refractivity contribution in [1.29, 1.82) is 0 Å². The van der Waals surface area contributed by atoms with Crippen LogP contribution in [0.25, 0.3) is 0 Å². The van der Waals surface area contributed by atoms with Crippen LogP contribution in [0.15, 0.2) is 30.3 Å². The summed E-state index contributed by atoms with van der Waals surface area (Å²) < 4.78 is 0.844. The lowest BCUT2D eigenvalue weighted by atomic mass is 10.1. The second-order valence-corrected chi connectivity index (χ2v) is 4.36. The van der Waals surface area contributed by atoms with Gasteiger partial charge in [0.25, 0.3) is 0 Å². The highest BCUT2D eigenvalue weighted by Gasteiger charge is 2.08. The Morgan fingerprint density at radius 3 is 2.62 bits per heavy atom. The van der Waals surface area contributed by atoms with Crippen molar-refractivity contribution in [3.8, 4) is 0 Å². The third-order valence-electron chi connectivity index (χ3n) is 1.77. The molecule has 1 nitrogen and oxygen atoms in total. The molecule has 0 saturated carbocycles. The molecule has 0 spiro atoms. The van der Waals surface area contributed by atoms with Gasteiger partial charge in [-0.15, -0.1) is 11.8 Å². The summed E-state index contributed by atoms with van der Waals surface area (Å²) in [6.07, 6.45) is 2.03. The molecule has 1 aromatic rings. The lowest BCUT2D eigenvalue weighted by Crippen LogP contribution is -2.01. The van der Waals surface area contributed by atoms with Gasteiger partial charge in [-0.3, -0.25) is 0 Å². The molecule has 1 rings (SSSR count).